The Balaban J connectivity index is 0.000000542. The van der Waals surface area contributed by atoms with E-state index in [2.05, 4.69) is 36.9 Å². The second-order valence-corrected chi connectivity index (χ2v) is 8.60. The molecule has 0 bridgehead atoms. The van der Waals surface area contributed by atoms with E-state index in [-0.39, 0.29) is 29.6 Å². The molecule has 6 heteroatoms. The number of aromatic nitrogens is 2. The summed E-state index contributed by atoms with van der Waals surface area (Å²) in [4.78, 5) is 9.70. The predicted octanol–water partition coefficient (Wildman–Crippen LogP) is 2.90. The van der Waals surface area contributed by atoms with Crippen molar-refractivity contribution in [1.82, 2.24) is 9.97 Å². The number of rotatable bonds is 7. The summed E-state index contributed by atoms with van der Waals surface area (Å²) in [7, 11) is -0.936. The van der Waals surface area contributed by atoms with Gasteiger partial charge in [0.25, 0.3) is 0 Å². The Labute approximate surface area is 191 Å². The van der Waals surface area contributed by atoms with Gasteiger partial charge in [-0.2, -0.15) is 24.2 Å². The van der Waals surface area contributed by atoms with Gasteiger partial charge >= 0.3 is 29.6 Å². The molecule has 140 valence electrons. The SMILES string of the molecule is CCCCS(=O)c1cc2[c-]nc(-c3ccccc3)nc2s1.[CH2-]CCC[CH2-].[Na+]. The Bertz CT molecular complexity index is 819. The normalized spacial score (nSPS) is 11.4. The zero-order valence-electron chi connectivity index (χ0n) is 16.2. The first-order valence-electron chi connectivity index (χ1n) is 8.91. The number of fused-ring (bicyclic) bond motifs is 1. The first-order chi connectivity index (χ1) is 12.7. The molecule has 3 rings (SSSR count). The predicted molar refractivity (Wildman–Crippen MR) is 112 cm³/mol. The average Bonchev–Trinajstić information content (AvgIpc) is 3.11. The van der Waals surface area contributed by atoms with E-state index in [0.717, 1.165) is 45.7 Å². The molecule has 0 saturated carbocycles. The Morgan fingerprint density at radius 2 is 1.85 bits per heavy atom. The summed E-state index contributed by atoms with van der Waals surface area (Å²) >= 11 is 1.48. The molecule has 0 fully saturated rings. The van der Waals surface area contributed by atoms with Gasteiger partial charge in [0.2, 0.25) is 0 Å². The van der Waals surface area contributed by atoms with Gasteiger partial charge in [-0.15, -0.1) is 12.5 Å². The van der Waals surface area contributed by atoms with Crippen molar-refractivity contribution in [2.24, 2.45) is 0 Å². The number of nitrogens with zero attached hydrogens (tertiary/aromatic N) is 2. The molecule has 27 heavy (non-hydrogen) atoms. The van der Waals surface area contributed by atoms with E-state index >= 15 is 0 Å². The van der Waals surface area contributed by atoms with Gasteiger partial charge in [-0.3, -0.25) is 4.21 Å². The Morgan fingerprint density at radius 1 is 1.15 bits per heavy atom. The maximum absolute atomic E-state index is 12.2. The molecule has 3 aromatic rings. The van der Waals surface area contributed by atoms with Crippen molar-refractivity contribution in [2.45, 2.75) is 43.2 Å². The molecule has 2 heterocycles. The summed E-state index contributed by atoms with van der Waals surface area (Å²) in [6, 6.07) is 11.7. The van der Waals surface area contributed by atoms with Crippen LogP contribution in [0.3, 0.4) is 0 Å². The fraction of sp³-hybridized carbons (Fsp3) is 0.333. The van der Waals surface area contributed by atoms with Crippen molar-refractivity contribution < 1.29 is 33.8 Å². The van der Waals surface area contributed by atoms with Crippen LogP contribution in [-0.4, -0.2) is 19.9 Å². The van der Waals surface area contributed by atoms with Gasteiger partial charge in [0.15, 0.2) is 0 Å². The third-order valence-corrected chi connectivity index (χ3v) is 6.48. The molecule has 1 aromatic carbocycles. The third kappa shape index (κ3) is 7.74. The molecule has 0 saturated heterocycles. The number of thiophene rings is 1. The van der Waals surface area contributed by atoms with E-state index in [0.29, 0.717) is 11.6 Å². The van der Waals surface area contributed by atoms with Crippen molar-refractivity contribution >= 4 is 32.4 Å². The van der Waals surface area contributed by atoms with Crippen LogP contribution in [0.25, 0.3) is 21.6 Å². The molecule has 0 spiro atoms. The summed E-state index contributed by atoms with van der Waals surface area (Å²) < 4.78 is 13.1. The van der Waals surface area contributed by atoms with Crippen LogP contribution in [0.2, 0.25) is 0 Å². The van der Waals surface area contributed by atoms with Crippen LogP contribution in [-0.2, 0) is 10.8 Å². The maximum atomic E-state index is 12.2. The number of benzene rings is 1. The van der Waals surface area contributed by atoms with E-state index in [1.165, 1.54) is 17.8 Å². The molecule has 0 aliphatic carbocycles. The Kier molecular flexibility index (Phi) is 12.3. The fourth-order valence-electron chi connectivity index (χ4n) is 2.14. The molecular formula is C21H25N2NaOS2-2. The van der Waals surface area contributed by atoms with Gasteiger partial charge in [-0.1, -0.05) is 49.1 Å². The first kappa shape index (κ1) is 24.4. The molecule has 0 aliphatic heterocycles. The summed E-state index contributed by atoms with van der Waals surface area (Å²) in [5, 5.41) is 0.847. The minimum Gasteiger partial charge on any atom is -0.343 e. The third-order valence-electron chi connectivity index (χ3n) is 3.62. The average molecular weight is 409 g/mol. The summed E-state index contributed by atoms with van der Waals surface area (Å²) in [5.41, 5.74) is 0.970. The largest absolute Gasteiger partial charge is 1.00 e. The van der Waals surface area contributed by atoms with Crippen LogP contribution in [0.1, 0.15) is 39.0 Å². The zero-order valence-corrected chi connectivity index (χ0v) is 19.9. The van der Waals surface area contributed by atoms with Gasteiger partial charge in [0.05, 0.1) is 16.6 Å². The molecular weight excluding hydrogens is 383 g/mol. The van der Waals surface area contributed by atoms with Crippen molar-refractivity contribution in [2.75, 3.05) is 5.75 Å². The Morgan fingerprint density at radius 3 is 2.44 bits per heavy atom. The summed E-state index contributed by atoms with van der Waals surface area (Å²) in [6.45, 7) is 9.38. The quantitative estimate of drug-likeness (QED) is 0.446. The molecule has 0 radical (unpaired) electrons. The Hall–Kier alpha value is -0.590. The van der Waals surface area contributed by atoms with Gasteiger partial charge in [0, 0.05) is 14.8 Å². The summed E-state index contributed by atoms with van der Waals surface area (Å²) in [5.74, 6) is 1.37. The van der Waals surface area contributed by atoms with E-state index in [9.17, 15) is 4.21 Å². The molecule has 1 unspecified atom stereocenters. The minimum atomic E-state index is -0.936. The van der Waals surface area contributed by atoms with E-state index < -0.39 is 10.8 Å². The molecule has 0 amide bonds. The number of hydrogen-bond donors (Lipinski definition) is 0. The van der Waals surface area contributed by atoms with Crippen LogP contribution >= 0.6 is 11.3 Å². The standard InChI is InChI=1S/C16H15N2OS2.C5H10.Na/c1-2-3-9-21(19)14-10-13-11-17-15(18-16(13)20-14)12-7-5-4-6-8-12;1-3-5-4-2;/h4-8,10H,2-3,9H2,1H3;1-5H2;/q-1;-2;+1. The van der Waals surface area contributed by atoms with E-state index in [4.69, 9.17) is 0 Å². The molecule has 1 atom stereocenters. The topological polar surface area (TPSA) is 42.9 Å². The minimum absolute atomic E-state index is 0. The maximum Gasteiger partial charge on any atom is 1.00 e. The van der Waals surface area contributed by atoms with E-state index in [1.54, 1.807) is 0 Å². The van der Waals surface area contributed by atoms with Crippen LogP contribution in [0.4, 0.5) is 0 Å². The van der Waals surface area contributed by atoms with Crippen LogP contribution in [0, 0.1) is 20.0 Å². The van der Waals surface area contributed by atoms with Crippen molar-refractivity contribution in [3.8, 4) is 11.4 Å². The molecule has 0 aliphatic rings. The second-order valence-electron chi connectivity index (χ2n) is 5.77. The van der Waals surface area contributed by atoms with Gasteiger partial charge in [-0.05, 0) is 18.2 Å². The van der Waals surface area contributed by atoms with E-state index in [1.807, 2.05) is 36.4 Å². The van der Waals surface area contributed by atoms with Crippen molar-refractivity contribution in [3.05, 3.63) is 56.4 Å². The van der Waals surface area contributed by atoms with Gasteiger partial charge in [0.1, 0.15) is 0 Å². The number of unbranched alkanes of at least 4 members (excludes halogenated alkanes) is 3. The smallest absolute Gasteiger partial charge is 0.343 e. The second kappa shape index (κ2) is 13.6. The monoisotopic (exact) mass is 408 g/mol. The first-order valence-corrected chi connectivity index (χ1v) is 11.0. The molecule has 0 N–H and O–H groups in total. The van der Waals surface area contributed by atoms with Crippen LogP contribution in [0.15, 0.2) is 40.6 Å². The zero-order chi connectivity index (χ0) is 18.8. The van der Waals surface area contributed by atoms with Crippen molar-refractivity contribution in [1.29, 1.82) is 0 Å². The van der Waals surface area contributed by atoms with Crippen LogP contribution < -0.4 is 29.6 Å². The molecule has 2 aromatic heterocycles. The van der Waals surface area contributed by atoms with Crippen LogP contribution in [0.5, 0.6) is 0 Å². The van der Waals surface area contributed by atoms with Gasteiger partial charge in [-0.25, -0.2) is 0 Å². The fourth-order valence-corrected chi connectivity index (χ4v) is 4.71. The number of hydrogen-bond acceptors (Lipinski definition) is 4. The molecule has 3 nitrogen and oxygen atoms in total. The van der Waals surface area contributed by atoms with Crippen molar-refractivity contribution in [3.63, 3.8) is 0 Å². The van der Waals surface area contributed by atoms with Gasteiger partial charge < -0.3 is 23.8 Å². The summed E-state index contributed by atoms with van der Waals surface area (Å²) in [6.07, 6.45) is 8.28.